The van der Waals surface area contributed by atoms with Crippen LogP contribution in [0.15, 0.2) is 29.3 Å². The number of hydrogen-bond acceptors (Lipinski definition) is 4. The quantitative estimate of drug-likeness (QED) is 0.477. The fourth-order valence-corrected chi connectivity index (χ4v) is 2.13. The molecule has 2 rings (SSSR count). The molecule has 1 saturated heterocycles. The SMILES string of the molecule is [N-]=C=S.[Ni+3].[O-]c1ccccc1C=NCCN1CCCCC1. The van der Waals surface area contributed by atoms with Crippen LogP contribution in [0.2, 0.25) is 0 Å². The normalized spacial score (nSPS) is 14.7. The first kappa shape index (κ1) is 19.9. The molecule has 0 bridgehead atoms. The molecule has 0 aliphatic carbocycles. The van der Waals surface area contributed by atoms with Gasteiger partial charge in [-0.2, -0.15) is 5.16 Å². The van der Waals surface area contributed by atoms with E-state index in [0.717, 1.165) is 13.1 Å². The Hall–Kier alpha value is -1.06. The molecule has 0 N–H and O–H groups in total. The van der Waals surface area contributed by atoms with Gasteiger partial charge < -0.3 is 15.4 Å². The van der Waals surface area contributed by atoms with E-state index >= 15 is 0 Å². The maximum absolute atomic E-state index is 11.4. The summed E-state index contributed by atoms with van der Waals surface area (Å²) in [4.78, 5) is 6.78. The van der Waals surface area contributed by atoms with Gasteiger partial charge in [-0.15, -0.1) is 5.75 Å². The monoisotopic (exact) mass is 347 g/mol. The maximum Gasteiger partial charge on any atom is 3.00 e. The minimum Gasteiger partial charge on any atom is -0.872 e. The number of likely N-dealkylation sites (tertiary alicyclic amines) is 1. The Balaban J connectivity index is 0.000000922. The van der Waals surface area contributed by atoms with Crippen LogP contribution in [0.1, 0.15) is 24.8 Å². The first-order valence-corrected chi connectivity index (χ1v) is 7.18. The number of isothiocyanates is 1. The molecule has 0 unspecified atom stereocenters. The second-order valence-electron chi connectivity index (χ2n) is 4.57. The maximum atomic E-state index is 11.4. The first-order valence-electron chi connectivity index (χ1n) is 6.77. The number of thiocarbonyl (C=S) groups is 1. The summed E-state index contributed by atoms with van der Waals surface area (Å²) in [6.45, 7) is 4.20. The summed E-state index contributed by atoms with van der Waals surface area (Å²) in [5.74, 6) is 0.0502. The molecule has 0 aromatic heterocycles. The van der Waals surface area contributed by atoms with Crippen LogP contribution in [-0.2, 0) is 16.5 Å². The summed E-state index contributed by atoms with van der Waals surface area (Å²) in [5.41, 5.74) is 0.686. The zero-order valence-electron chi connectivity index (χ0n) is 11.8. The molecule has 6 heteroatoms. The molecule has 1 aliphatic heterocycles. The van der Waals surface area contributed by atoms with Crippen LogP contribution in [0.25, 0.3) is 5.41 Å². The van der Waals surface area contributed by atoms with Crippen molar-refractivity contribution in [2.24, 2.45) is 4.99 Å². The number of para-hydroxylation sites is 1. The van der Waals surface area contributed by atoms with Gasteiger partial charge in [0.25, 0.3) is 0 Å². The van der Waals surface area contributed by atoms with E-state index in [2.05, 4.69) is 22.1 Å². The minimum absolute atomic E-state index is 0. The largest absolute Gasteiger partial charge is 3.00 e. The van der Waals surface area contributed by atoms with Gasteiger partial charge >= 0.3 is 16.5 Å². The standard InChI is InChI=1S/C14H20N2O.CNS.Ni/c17-14-7-3-2-6-13(14)12-15-8-11-16-9-4-1-5-10-16;2-1-3;/h2-3,6-7,12,17H,1,4-5,8-11H2;;/q;-1;+3/p-1. The Morgan fingerprint density at radius 3 is 2.52 bits per heavy atom. The molecule has 1 heterocycles. The van der Waals surface area contributed by atoms with Gasteiger partial charge in [-0.25, -0.2) is 0 Å². The molecule has 0 amide bonds. The zero-order valence-corrected chi connectivity index (χ0v) is 13.6. The second-order valence-corrected chi connectivity index (χ2v) is 4.75. The number of aliphatic imine (C=N–C) groups is 1. The minimum atomic E-state index is 0. The van der Waals surface area contributed by atoms with E-state index in [1.54, 1.807) is 18.3 Å². The van der Waals surface area contributed by atoms with Crippen molar-refractivity contribution < 1.29 is 21.6 Å². The van der Waals surface area contributed by atoms with Crippen molar-refractivity contribution in [3.8, 4) is 5.75 Å². The van der Waals surface area contributed by atoms with Gasteiger partial charge in [0, 0.05) is 12.8 Å². The van der Waals surface area contributed by atoms with Crippen LogP contribution < -0.4 is 5.11 Å². The number of piperidine rings is 1. The molecule has 0 saturated carbocycles. The third-order valence-electron chi connectivity index (χ3n) is 3.14. The van der Waals surface area contributed by atoms with Crippen molar-refractivity contribution in [3.05, 3.63) is 35.2 Å². The van der Waals surface area contributed by atoms with Crippen molar-refractivity contribution in [1.29, 1.82) is 0 Å². The van der Waals surface area contributed by atoms with Gasteiger partial charge in [-0.05, 0) is 31.5 Å². The van der Waals surface area contributed by atoms with Gasteiger partial charge in [-0.1, -0.05) is 42.9 Å². The Labute approximate surface area is 141 Å². The molecular formula is C15H19N3NiOS+. The molecule has 21 heavy (non-hydrogen) atoms. The Morgan fingerprint density at radius 2 is 1.90 bits per heavy atom. The molecule has 1 aromatic rings. The fourth-order valence-electron chi connectivity index (χ4n) is 2.13. The van der Waals surface area contributed by atoms with Crippen molar-refractivity contribution >= 4 is 23.6 Å². The summed E-state index contributed by atoms with van der Waals surface area (Å²) >= 11 is 3.70. The van der Waals surface area contributed by atoms with Crippen LogP contribution in [0, 0.1) is 0 Å². The summed E-state index contributed by atoms with van der Waals surface area (Å²) in [7, 11) is 0. The van der Waals surface area contributed by atoms with E-state index in [9.17, 15) is 5.11 Å². The Morgan fingerprint density at radius 1 is 1.29 bits per heavy atom. The molecule has 115 valence electrons. The van der Waals surface area contributed by atoms with Crippen LogP contribution in [0.3, 0.4) is 0 Å². The smallest absolute Gasteiger partial charge is 0.872 e. The van der Waals surface area contributed by atoms with Gasteiger partial charge in [0.2, 0.25) is 0 Å². The molecular weight excluding hydrogens is 329 g/mol. The topological polar surface area (TPSA) is 61.0 Å². The van der Waals surface area contributed by atoms with Gasteiger partial charge in [0.05, 0.1) is 6.54 Å². The Bertz CT molecular complexity index is 456. The van der Waals surface area contributed by atoms with Crippen molar-refractivity contribution in [2.75, 3.05) is 26.2 Å². The van der Waals surface area contributed by atoms with Gasteiger partial charge in [-0.3, -0.25) is 4.99 Å². The molecule has 1 radical (unpaired) electrons. The molecule has 0 spiro atoms. The van der Waals surface area contributed by atoms with Crippen molar-refractivity contribution in [2.45, 2.75) is 19.3 Å². The molecule has 0 atom stereocenters. The van der Waals surface area contributed by atoms with Crippen molar-refractivity contribution in [3.63, 3.8) is 0 Å². The van der Waals surface area contributed by atoms with Gasteiger partial charge in [0.15, 0.2) is 0 Å². The van der Waals surface area contributed by atoms with Gasteiger partial charge in [0.1, 0.15) is 0 Å². The van der Waals surface area contributed by atoms with Crippen molar-refractivity contribution in [1.82, 2.24) is 4.90 Å². The predicted octanol–water partition coefficient (Wildman–Crippen LogP) is 2.32. The molecule has 4 nitrogen and oxygen atoms in total. The molecule has 1 aromatic carbocycles. The van der Waals surface area contributed by atoms with E-state index in [4.69, 9.17) is 5.41 Å². The van der Waals surface area contributed by atoms with E-state index in [1.807, 2.05) is 12.1 Å². The van der Waals surface area contributed by atoms with Crippen LogP contribution in [-0.4, -0.2) is 42.5 Å². The third-order valence-corrected chi connectivity index (χ3v) is 3.14. The first-order chi connectivity index (χ1) is 9.77. The molecule has 1 fully saturated rings. The third kappa shape index (κ3) is 8.74. The average molecular weight is 348 g/mol. The van der Waals surface area contributed by atoms with Crippen LogP contribution >= 0.6 is 12.2 Å². The van der Waals surface area contributed by atoms with Crippen LogP contribution in [0.4, 0.5) is 0 Å². The van der Waals surface area contributed by atoms with E-state index in [0.29, 0.717) is 5.56 Å². The number of benzene rings is 1. The Kier molecular flexibility index (Phi) is 12.0. The number of nitrogens with zero attached hydrogens (tertiary/aromatic N) is 3. The summed E-state index contributed by atoms with van der Waals surface area (Å²) in [6.07, 6.45) is 5.69. The number of hydrogen-bond donors (Lipinski definition) is 0. The second kappa shape index (κ2) is 12.7. The van der Waals surface area contributed by atoms with E-state index in [-0.39, 0.29) is 22.2 Å². The zero-order chi connectivity index (χ0) is 14.6. The fraction of sp³-hybridized carbons (Fsp3) is 0.467. The summed E-state index contributed by atoms with van der Waals surface area (Å²) in [6, 6.07) is 7.01. The van der Waals surface area contributed by atoms with Crippen LogP contribution in [0.5, 0.6) is 5.75 Å². The van der Waals surface area contributed by atoms with E-state index in [1.165, 1.54) is 37.5 Å². The molecule has 1 aliphatic rings. The van der Waals surface area contributed by atoms with E-state index < -0.39 is 0 Å². The summed E-state index contributed by atoms with van der Waals surface area (Å²) < 4.78 is 0. The average Bonchev–Trinajstić information content (AvgIpc) is 2.47. The predicted molar refractivity (Wildman–Crippen MR) is 84.6 cm³/mol. The number of rotatable bonds is 4. The summed E-state index contributed by atoms with van der Waals surface area (Å²) in [5, 5.41) is 19.9.